The highest BCUT2D eigenvalue weighted by Crippen LogP contribution is 2.13. The third-order valence-electron chi connectivity index (χ3n) is 2.97. The van der Waals surface area contributed by atoms with E-state index >= 15 is 0 Å². The largest absolute Gasteiger partial charge is 0.261 e. The molecule has 0 aliphatic heterocycles. The van der Waals surface area contributed by atoms with Gasteiger partial charge in [0.25, 0.3) is 0 Å². The summed E-state index contributed by atoms with van der Waals surface area (Å²) in [5.41, 5.74) is 1.02. The van der Waals surface area contributed by atoms with Gasteiger partial charge in [0.15, 0.2) is 0 Å². The van der Waals surface area contributed by atoms with Crippen LogP contribution in [0.4, 0.5) is 0 Å². The SMILES string of the molecule is CN(CCc1ccccn1)S(=O)(=O)c1ccc(C#N)nc1. The molecule has 0 spiro atoms. The molecule has 0 N–H and O–H groups in total. The summed E-state index contributed by atoms with van der Waals surface area (Å²) in [6, 6.07) is 10.2. The van der Waals surface area contributed by atoms with E-state index in [1.165, 1.54) is 29.7 Å². The zero-order valence-corrected chi connectivity index (χ0v) is 12.3. The van der Waals surface area contributed by atoms with E-state index in [1.807, 2.05) is 24.3 Å². The summed E-state index contributed by atoms with van der Waals surface area (Å²) in [6.45, 7) is 0.319. The Labute approximate surface area is 123 Å². The van der Waals surface area contributed by atoms with Crippen LogP contribution in [-0.4, -0.2) is 36.3 Å². The number of nitriles is 1. The number of rotatable bonds is 5. The van der Waals surface area contributed by atoms with Crippen molar-refractivity contribution in [3.8, 4) is 6.07 Å². The fourth-order valence-electron chi connectivity index (χ4n) is 1.72. The van der Waals surface area contributed by atoms with Crippen LogP contribution in [0, 0.1) is 11.3 Å². The van der Waals surface area contributed by atoms with Crippen molar-refractivity contribution < 1.29 is 8.42 Å². The van der Waals surface area contributed by atoms with Crippen molar-refractivity contribution in [2.24, 2.45) is 0 Å². The maximum absolute atomic E-state index is 12.3. The summed E-state index contributed by atoms with van der Waals surface area (Å²) >= 11 is 0. The molecule has 2 aromatic rings. The summed E-state index contributed by atoms with van der Waals surface area (Å²) in [5.74, 6) is 0. The van der Waals surface area contributed by atoms with Crippen molar-refractivity contribution in [1.29, 1.82) is 5.26 Å². The maximum Gasteiger partial charge on any atom is 0.244 e. The summed E-state index contributed by atoms with van der Waals surface area (Å²) in [4.78, 5) is 8.02. The smallest absolute Gasteiger partial charge is 0.244 e. The molecule has 2 rings (SSSR count). The van der Waals surface area contributed by atoms with E-state index in [9.17, 15) is 8.42 Å². The Morgan fingerprint density at radius 2 is 2.05 bits per heavy atom. The molecule has 0 aliphatic rings. The monoisotopic (exact) mass is 302 g/mol. The minimum Gasteiger partial charge on any atom is -0.261 e. The number of likely N-dealkylation sites (N-methyl/N-ethyl adjacent to an activating group) is 1. The van der Waals surface area contributed by atoms with E-state index in [-0.39, 0.29) is 10.6 Å². The molecule has 0 amide bonds. The topological polar surface area (TPSA) is 87.0 Å². The van der Waals surface area contributed by atoms with Crippen molar-refractivity contribution in [3.63, 3.8) is 0 Å². The summed E-state index contributed by atoms with van der Waals surface area (Å²) in [7, 11) is -2.09. The van der Waals surface area contributed by atoms with Crippen LogP contribution < -0.4 is 0 Å². The number of hydrogen-bond acceptors (Lipinski definition) is 5. The highest BCUT2D eigenvalue weighted by molar-refractivity contribution is 7.89. The summed E-state index contributed by atoms with van der Waals surface area (Å²) < 4.78 is 25.9. The van der Waals surface area contributed by atoms with E-state index in [0.717, 1.165) is 5.69 Å². The van der Waals surface area contributed by atoms with Crippen molar-refractivity contribution in [2.45, 2.75) is 11.3 Å². The Morgan fingerprint density at radius 3 is 2.62 bits per heavy atom. The van der Waals surface area contributed by atoms with Crippen LogP contribution in [0.2, 0.25) is 0 Å². The highest BCUT2D eigenvalue weighted by atomic mass is 32.2. The van der Waals surface area contributed by atoms with Gasteiger partial charge in [0.05, 0.1) is 0 Å². The lowest BCUT2D eigenvalue weighted by atomic mass is 10.3. The third-order valence-corrected chi connectivity index (χ3v) is 4.81. The average molecular weight is 302 g/mol. The van der Waals surface area contributed by atoms with Gasteiger partial charge in [-0.1, -0.05) is 6.07 Å². The van der Waals surface area contributed by atoms with E-state index in [0.29, 0.717) is 13.0 Å². The molecule has 2 heterocycles. The van der Waals surface area contributed by atoms with Gasteiger partial charge in [-0.3, -0.25) is 4.98 Å². The Hall–Kier alpha value is -2.30. The molecule has 0 saturated heterocycles. The molecule has 2 aromatic heterocycles. The molecule has 108 valence electrons. The molecular weight excluding hydrogens is 288 g/mol. The van der Waals surface area contributed by atoms with Crippen LogP contribution >= 0.6 is 0 Å². The van der Waals surface area contributed by atoms with Gasteiger partial charge in [0.2, 0.25) is 10.0 Å². The highest BCUT2D eigenvalue weighted by Gasteiger charge is 2.20. The lowest BCUT2D eigenvalue weighted by Crippen LogP contribution is -2.29. The molecular formula is C14H14N4O2S. The van der Waals surface area contributed by atoms with E-state index in [4.69, 9.17) is 5.26 Å². The van der Waals surface area contributed by atoms with Crippen molar-refractivity contribution in [3.05, 3.63) is 54.1 Å². The first-order valence-electron chi connectivity index (χ1n) is 6.26. The number of pyridine rings is 2. The van der Waals surface area contributed by atoms with Gasteiger partial charge in [-0.25, -0.2) is 17.7 Å². The Bertz CT molecular complexity index is 737. The minimum atomic E-state index is -3.60. The third kappa shape index (κ3) is 3.62. The Morgan fingerprint density at radius 1 is 1.24 bits per heavy atom. The molecule has 21 heavy (non-hydrogen) atoms. The molecule has 0 fully saturated rings. The van der Waals surface area contributed by atoms with Gasteiger partial charge in [-0.05, 0) is 24.3 Å². The predicted molar refractivity (Wildman–Crippen MR) is 76.7 cm³/mol. The van der Waals surface area contributed by atoms with Crippen LogP contribution in [0.1, 0.15) is 11.4 Å². The van der Waals surface area contributed by atoms with Gasteiger partial charge >= 0.3 is 0 Å². The van der Waals surface area contributed by atoms with Crippen LogP contribution in [0.15, 0.2) is 47.6 Å². The molecule has 0 unspecified atom stereocenters. The zero-order valence-electron chi connectivity index (χ0n) is 11.5. The predicted octanol–water partition coefficient (Wildman–Crippen LogP) is 1.21. The van der Waals surface area contributed by atoms with Crippen molar-refractivity contribution >= 4 is 10.0 Å². The van der Waals surface area contributed by atoms with Crippen LogP contribution in [0.25, 0.3) is 0 Å². The Balaban J connectivity index is 2.09. The molecule has 0 aromatic carbocycles. The van der Waals surface area contributed by atoms with Crippen molar-refractivity contribution in [1.82, 2.24) is 14.3 Å². The maximum atomic E-state index is 12.3. The van der Waals surface area contributed by atoms with Crippen molar-refractivity contribution in [2.75, 3.05) is 13.6 Å². The fraction of sp³-hybridized carbons (Fsp3) is 0.214. The first-order valence-corrected chi connectivity index (χ1v) is 7.70. The number of aromatic nitrogens is 2. The Kier molecular flexibility index (Phi) is 4.62. The fourth-order valence-corrected chi connectivity index (χ4v) is 2.83. The molecule has 0 radical (unpaired) electrons. The molecule has 0 bridgehead atoms. The molecule has 6 nitrogen and oxygen atoms in total. The lowest BCUT2D eigenvalue weighted by molar-refractivity contribution is 0.470. The number of sulfonamides is 1. The normalized spacial score (nSPS) is 11.3. The van der Waals surface area contributed by atoms with E-state index in [1.54, 1.807) is 6.20 Å². The first kappa shape index (κ1) is 15.1. The van der Waals surface area contributed by atoms with Crippen LogP contribution in [0.3, 0.4) is 0 Å². The molecule has 0 saturated carbocycles. The molecule has 0 atom stereocenters. The first-order chi connectivity index (χ1) is 10.0. The summed E-state index contributed by atoms with van der Waals surface area (Å²) in [6.07, 6.45) is 3.40. The quantitative estimate of drug-likeness (QED) is 0.828. The second kappa shape index (κ2) is 6.43. The zero-order chi connectivity index (χ0) is 15.3. The van der Waals surface area contributed by atoms with Gasteiger partial charge < -0.3 is 0 Å². The molecule has 7 heteroatoms. The number of hydrogen-bond donors (Lipinski definition) is 0. The van der Waals surface area contributed by atoms with Gasteiger partial charge in [-0.15, -0.1) is 0 Å². The van der Waals surface area contributed by atoms with E-state index in [2.05, 4.69) is 9.97 Å². The van der Waals surface area contributed by atoms with Gasteiger partial charge in [-0.2, -0.15) is 5.26 Å². The standard InChI is InChI=1S/C14H14N4O2S/c1-18(9-7-12-4-2-3-8-16-12)21(19,20)14-6-5-13(10-15)17-11-14/h2-6,8,11H,7,9H2,1H3. The molecule has 0 aliphatic carbocycles. The minimum absolute atomic E-state index is 0.0741. The van der Waals surface area contributed by atoms with Gasteiger partial charge in [0.1, 0.15) is 16.7 Å². The van der Waals surface area contributed by atoms with Gasteiger partial charge in [0, 0.05) is 38.1 Å². The summed E-state index contributed by atoms with van der Waals surface area (Å²) in [5, 5.41) is 8.67. The average Bonchev–Trinajstić information content (AvgIpc) is 2.53. The lowest BCUT2D eigenvalue weighted by Gasteiger charge is -2.16. The van der Waals surface area contributed by atoms with Crippen LogP contribution in [-0.2, 0) is 16.4 Å². The number of nitrogens with zero attached hydrogens (tertiary/aromatic N) is 4. The van der Waals surface area contributed by atoms with E-state index < -0.39 is 10.0 Å². The van der Waals surface area contributed by atoms with Crippen LogP contribution in [0.5, 0.6) is 0 Å². The second-order valence-corrected chi connectivity index (χ2v) is 6.43. The second-order valence-electron chi connectivity index (χ2n) is 4.39.